The number of nitrogens with zero attached hydrogens (tertiary/aromatic N) is 1. The molecule has 0 aromatic heterocycles. The summed E-state index contributed by atoms with van der Waals surface area (Å²) in [5.74, 6) is 0.983. The minimum absolute atomic E-state index is 0.202. The van der Waals surface area contributed by atoms with E-state index in [1.807, 2.05) is 0 Å². The molecule has 2 aliphatic rings. The number of nitrogens with two attached hydrogens (primary N) is 1. The molecule has 1 saturated carbocycles. The van der Waals surface area contributed by atoms with E-state index >= 15 is 0 Å². The van der Waals surface area contributed by atoms with Crippen molar-refractivity contribution in [3.8, 4) is 0 Å². The summed E-state index contributed by atoms with van der Waals surface area (Å²) in [5, 5.41) is 0. The van der Waals surface area contributed by atoms with E-state index in [0.717, 1.165) is 25.8 Å². The van der Waals surface area contributed by atoms with Crippen molar-refractivity contribution >= 4 is 5.91 Å². The second kappa shape index (κ2) is 5.21. The SMILES string of the molecule is Cc1ccccc1[C@@H]1C[C@@H]1C(=O)N1CC[C@H](N)C[C@@H]1C. The number of hydrogen-bond acceptors (Lipinski definition) is 2. The number of benzene rings is 1. The predicted molar refractivity (Wildman–Crippen MR) is 80.4 cm³/mol. The maximum absolute atomic E-state index is 12.7. The molecule has 0 radical (unpaired) electrons. The second-order valence-electron chi connectivity index (χ2n) is 6.47. The number of aryl methyl sites for hydroxylation is 1. The van der Waals surface area contributed by atoms with Gasteiger partial charge in [-0.25, -0.2) is 0 Å². The van der Waals surface area contributed by atoms with Crippen LogP contribution in [0.5, 0.6) is 0 Å². The van der Waals surface area contributed by atoms with Crippen LogP contribution in [0.2, 0.25) is 0 Å². The van der Waals surface area contributed by atoms with Crippen LogP contribution in [0, 0.1) is 12.8 Å². The molecule has 3 nitrogen and oxygen atoms in total. The zero-order valence-corrected chi connectivity index (χ0v) is 12.4. The third-order valence-corrected chi connectivity index (χ3v) is 4.90. The molecule has 108 valence electrons. The van der Waals surface area contributed by atoms with Gasteiger partial charge in [-0.3, -0.25) is 4.79 Å². The van der Waals surface area contributed by atoms with E-state index in [4.69, 9.17) is 5.73 Å². The normalized spacial score (nSPS) is 33.0. The van der Waals surface area contributed by atoms with Crippen molar-refractivity contribution in [3.05, 3.63) is 35.4 Å². The summed E-state index contributed by atoms with van der Waals surface area (Å²) >= 11 is 0. The zero-order chi connectivity index (χ0) is 14.3. The lowest BCUT2D eigenvalue weighted by Gasteiger charge is -2.36. The van der Waals surface area contributed by atoms with E-state index in [1.54, 1.807) is 0 Å². The van der Waals surface area contributed by atoms with Gasteiger partial charge in [0.05, 0.1) is 0 Å². The largest absolute Gasteiger partial charge is 0.340 e. The molecule has 1 amide bonds. The Kier molecular flexibility index (Phi) is 3.55. The van der Waals surface area contributed by atoms with Gasteiger partial charge in [0.2, 0.25) is 5.91 Å². The van der Waals surface area contributed by atoms with Crippen LogP contribution in [0.25, 0.3) is 0 Å². The molecular weight excluding hydrogens is 248 g/mol. The van der Waals surface area contributed by atoms with Crippen LogP contribution >= 0.6 is 0 Å². The van der Waals surface area contributed by atoms with Crippen molar-refractivity contribution in [2.75, 3.05) is 6.54 Å². The van der Waals surface area contributed by atoms with Crippen LogP contribution in [0.1, 0.15) is 43.2 Å². The quantitative estimate of drug-likeness (QED) is 0.899. The van der Waals surface area contributed by atoms with E-state index in [0.29, 0.717) is 17.9 Å². The van der Waals surface area contributed by atoms with Crippen LogP contribution < -0.4 is 5.73 Å². The molecule has 1 aromatic carbocycles. The molecule has 1 aliphatic heterocycles. The van der Waals surface area contributed by atoms with E-state index < -0.39 is 0 Å². The van der Waals surface area contributed by atoms with Gasteiger partial charge in [0.15, 0.2) is 0 Å². The number of piperidine rings is 1. The zero-order valence-electron chi connectivity index (χ0n) is 12.4. The summed E-state index contributed by atoms with van der Waals surface area (Å²) in [5.41, 5.74) is 8.64. The Hall–Kier alpha value is -1.35. The highest BCUT2D eigenvalue weighted by atomic mass is 16.2. The molecule has 1 saturated heterocycles. The summed E-state index contributed by atoms with van der Waals surface area (Å²) in [4.78, 5) is 14.7. The maximum Gasteiger partial charge on any atom is 0.226 e. The molecule has 2 N–H and O–H groups in total. The van der Waals surface area contributed by atoms with Crippen molar-refractivity contribution < 1.29 is 4.79 Å². The molecule has 4 atom stereocenters. The lowest BCUT2D eigenvalue weighted by atomic mass is 9.98. The smallest absolute Gasteiger partial charge is 0.226 e. The Morgan fingerprint density at radius 2 is 2.05 bits per heavy atom. The van der Waals surface area contributed by atoms with Crippen molar-refractivity contribution in [2.24, 2.45) is 11.7 Å². The van der Waals surface area contributed by atoms with E-state index in [-0.39, 0.29) is 12.0 Å². The fraction of sp³-hybridized carbons (Fsp3) is 0.588. The number of hydrogen-bond donors (Lipinski definition) is 1. The van der Waals surface area contributed by atoms with E-state index in [2.05, 4.69) is 43.0 Å². The number of carbonyl (C=O) groups is 1. The molecule has 1 heterocycles. The molecule has 3 heteroatoms. The van der Waals surface area contributed by atoms with Crippen LogP contribution in [0.15, 0.2) is 24.3 Å². The van der Waals surface area contributed by atoms with Crippen LogP contribution in [0.3, 0.4) is 0 Å². The van der Waals surface area contributed by atoms with E-state index in [9.17, 15) is 4.79 Å². The van der Waals surface area contributed by atoms with Crippen molar-refractivity contribution in [2.45, 2.75) is 51.1 Å². The first-order valence-corrected chi connectivity index (χ1v) is 7.69. The summed E-state index contributed by atoms with van der Waals surface area (Å²) in [6, 6.07) is 9.00. The molecule has 20 heavy (non-hydrogen) atoms. The monoisotopic (exact) mass is 272 g/mol. The highest BCUT2D eigenvalue weighted by Gasteiger charge is 2.47. The van der Waals surface area contributed by atoms with Gasteiger partial charge in [0.1, 0.15) is 0 Å². The molecule has 1 aliphatic carbocycles. The molecule has 0 unspecified atom stereocenters. The first-order chi connectivity index (χ1) is 9.58. The van der Waals surface area contributed by atoms with Crippen LogP contribution in [-0.4, -0.2) is 29.4 Å². The second-order valence-corrected chi connectivity index (χ2v) is 6.47. The number of amides is 1. The maximum atomic E-state index is 12.7. The average Bonchev–Trinajstić information content (AvgIpc) is 3.19. The molecule has 1 aromatic rings. The van der Waals surface area contributed by atoms with Gasteiger partial charge in [-0.05, 0) is 50.2 Å². The summed E-state index contributed by atoms with van der Waals surface area (Å²) < 4.78 is 0. The molecule has 0 spiro atoms. The van der Waals surface area contributed by atoms with E-state index in [1.165, 1.54) is 11.1 Å². The highest BCUT2D eigenvalue weighted by molar-refractivity contribution is 5.83. The summed E-state index contributed by atoms with van der Waals surface area (Å²) in [7, 11) is 0. The first-order valence-electron chi connectivity index (χ1n) is 7.69. The third kappa shape index (κ3) is 2.47. The highest BCUT2D eigenvalue weighted by Crippen LogP contribution is 2.49. The lowest BCUT2D eigenvalue weighted by molar-refractivity contribution is -0.136. The summed E-state index contributed by atoms with van der Waals surface area (Å²) in [6.07, 6.45) is 2.89. The summed E-state index contributed by atoms with van der Waals surface area (Å²) in [6.45, 7) is 5.10. The van der Waals surface area contributed by atoms with Crippen LogP contribution in [0.4, 0.5) is 0 Å². The molecular formula is C17H24N2O. The Balaban J connectivity index is 1.67. The first kappa shape index (κ1) is 13.6. The molecule has 3 rings (SSSR count). The number of likely N-dealkylation sites (tertiary alicyclic amines) is 1. The van der Waals surface area contributed by atoms with Crippen molar-refractivity contribution in [3.63, 3.8) is 0 Å². The molecule has 2 fully saturated rings. The molecule has 0 bridgehead atoms. The third-order valence-electron chi connectivity index (χ3n) is 4.90. The Bertz CT molecular complexity index is 513. The Morgan fingerprint density at radius 1 is 1.30 bits per heavy atom. The number of rotatable bonds is 2. The van der Waals surface area contributed by atoms with Crippen molar-refractivity contribution in [1.29, 1.82) is 0 Å². The van der Waals surface area contributed by atoms with Crippen LogP contribution in [-0.2, 0) is 4.79 Å². The average molecular weight is 272 g/mol. The number of carbonyl (C=O) groups excluding carboxylic acids is 1. The predicted octanol–water partition coefficient (Wildman–Crippen LogP) is 2.44. The van der Waals surface area contributed by atoms with Gasteiger partial charge in [-0.1, -0.05) is 24.3 Å². The van der Waals surface area contributed by atoms with Gasteiger partial charge in [-0.15, -0.1) is 0 Å². The fourth-order valence-corrected chi connectivity index (χ4v) is 3.56. The lowest BCUT2D eigenvalue weighted by Crippen LogP contribution is -2.49. The fourth-order valence-electron chi connectivity index (χ4n) is 3.56. The standard InChI is InChI=1S/C17H24N2O/c1-11-5-3-4-6-14(11)15-10-16(15)17(20)19-8-7-13(18)9-12(19)2/h3-6,12-13,15-16H,7-10,18H2,1-2H3/t12-,13-,15-,16-/m0/s1. The van der Waals surface area contributed by atoms with Gasteiger partial charge in [-0.2, -0.15) is 0 Å². The topological polar surface area (TPSA) is 46.3 Å². The van der Waals surface area contributed by atoms with Gasteiger partial charge in [0, 0.05) is 24.5 Å². The van der Waals surface area contributed by atoms with Gasteiger partial charge >= 0.3 is 0 Å². The minimum atomic E-state index is 0.202. The minimum Gasteiger partial charge on any atom is -0.340 e. The van der Waals surface area contributed by atoms with Gasteiger partial charge in [0.25, 0.3) is 0 Å². The van der Waals surface area contributed by atoms with Crippen molar-refractivity contribution in [1.82, 2.24) is 4.90 Å². The Labute approximate surface area is 121 Å². The Morgan fingerprint density at radius 3 is 2.75 bits per heavy atom. The van der Waals surface area contributed by atoms with Gasteiger partial charge < -0.3 is 10.6 Å².